The molecule has 1 saturated carbocycles. The lowest BCUT2D eigenvalue weighted by molar-refractivity contribution is 0.0510. The summed E-state index contributed by atoms with van der Waals surface area (Å²) < 4.78 is 5.21. The fourth-order valence-electron chi connectivity index (χ4n) is 1.69. The first kappa shape index (κ1) is 11.0. The molecule has 0 saturated heterocycles. The van der Waals surface area contributed by atoms with Gasteiger partial charge in [0.05, 0.1) is 11.9 Å². The highest BCUT2D eigenvalue weighted by molar-refractivity contribution is 7.99. The largest absolute Gasteiger partial charge is 0.468 e. The fourth-order valence-corrected chi connectivity index (χ4v) is 2.85. The minimum absolute atomic E-state index is 0.349. The van der Waals surface area contributed by atoms with Crippen LogP contribution in [0, 0.1) is 12.8 Å². The van der Waals surface area contributed by atoms with Crippen molar-refractivity contribution in [1.82, 2.24) is 0 Å². The Bertz CT molecular complexity index is 335. The number of nitrogens with two attached hydrogens (primary N) is 1. The Morgan fingerprint density at radius 2 is 2.40 bits per heavy atom. The van der Waals surface area contributed by atoms with Crippen LogP contribution in [-0.2, 0) is 0 Å². The van der Waals surface area contributed by atoms with Crippen LogP contribution in [0.5, 0.6) is 0 Å². The molecule has 1 aliphatic rings. The van der Waals surface area contributed by atoms with Crippen molar-refractivity contribution in [3.8, 4) is 0 Å². The van der Waals surface area contributed by atoms with E-state index in [4.69, 9.17) is 10.2 Å². The van der Waals surface area contributed by atoms with Crippen LogP contribution in [0.15, 0.2) is 21.6 Å². The molecule has 1 aromatic rings. The first-order chi connectivity index (χ1) is 7.15. The zero-order valence-electron chi connectivity index (χ0n) is 8.90. The van der Waals surface area contributed by atoms with Gasteiger partial charge in [0.25, 0.3) is 0 Å². The van der Waals surface area contributed by atoms with Gasteiger partial charge in [0.1, 0.15) is 5.76 Å². The molecule has 1 fully saturated rings. The number of rotatable bonds is 5. The van der Waals surface area contributed by atoms with Gasteiger partial charge in [0, 0.05) is 17.2 Å². The first-order valence-corrected chi connectivity index (χ1v) is 6.23. The molecule has 0 bridgehead atoms. The molecule has 3 N–H and O–H groups in total. The van der Waals surface area contributed by atoms with Crippen molar-refractivity contribution in [2.45, 2.75) is 30.3 Å². The molecule has 2 rings (SSSR count). The van der Waals surface area contributed by atoms with Crippen molar-refractivity contribution in [2.24, 2.45) is 11.7 Å². The average Bonchev–Trinajstić information content (AvgIpc) is 3.01. The maximum absolute atomic E-state index is 10.3. The Morgan fingerprint density at radius 1 is 1.67 bits per heavy atom. The van der Waals surface area contributed by atoms with E-state index in [-0.39, 0.29) is 0 Å². The predicted molar refractivity (Wildman–Crippen MR) is 60.9 cm³/mol. The summed E-state index contributed by atoms with van der Waals surface area (Å²) in [7, 11) is 0. The normalized spacial score (nSPS) is 20.2. The van der Waals surface area contributed by atoms with Crippen LogP contribution in [0.25, 0.3) is 0 Å². The van der Waals surface area contributed by atoms with Crippen LogP contribution in [0.3, 0.4) is 0 Å². The zero-order valence-corrected chi connectivity index (χ0v) is 9.72. The van der Waals surface area contributed by atoms with Crippen molar-refractivity contribution in [2.75, 3.05) is 12.3 Å². The smallest absolute Gasteiger partial charge is 0.114 e. The van der Waals surface area contributed by atoms with Crippen LogP contribution in [0.2, 0.25) is 0 Å². The Balaban J connectivity index is 1.94. The minimum Gasteiger partial charge on any atom is -0.468 e. The number of thioether (sulfide) groups is 1. The maximum Gasteiger partial charge on any atom is 0.114 e. The van der Waals surface area contributed by atoms with Crippen molar-refractivity contribution in [1.29, 1.82) is 0 Å². The summed E-state index contributed by atoms with van der Waals surface area (Å²) in [6.07, 6.45) is 3.90. The Kier molecular flexibility index (Phi) is 3.09. The second-order valence-corrected chi connectivity index (χ2v) is 5.23. The van der Waals surface area contributed by atoms with Crippen LogP contribution < -0.4 is 5.73 Å². The third-order valence-electron chi connectivity index (χ3n) is 2.98. The molecule has 0 radical (unpaired) electrons. The fraction of sp³-hybridized carbons (Fsp3) is 0.636. The van der Waals surface area contributed by atoms with Crippen LogP contribution in [0.1, 0.15) is 18.6 Å². The third kappa shape index (κ3) is 2.38. The maximum atomic E-state index is 10.3. The number of furan rings is 1. The molecule has 1 heterocycles. The molecular formula is C11H17NO2S. The quantitative estimate of drug-likeness (QED) is 0.753. The number of hydrogen-bond acceptors (Lipinski definition) is 4. The summed E-state index contributed by atoms with van der Waals surface area (Å²) in [4.78, 5) is 1.10. The molecule has 4 heteroatoms. The van der Waals surface area contributed by atoms with E-state index in [1.807, 2.05) is 13.0 Å². The Morgan fingerprint density at radius 3 is 2.87 bits per heavy atom. The molecule has 84 valence electrons. The molecule has 1 aliphatic carbocycles. The highest BCUT2D eigenvalue weighted by Gasteiger charge is 2.42. The number of aryl methyl sites for hydroxylation is 1. The van der Waals surface area contributed by atoms with Crippen LogP contribution in [0.4, 0.5) is 0 Å². The molecule has 0 aromatic carbocycles. The number of aliphatic hydroxyl groups is 1. The second kappa shape index (κ2) is 4.20. The predicted octanol–water partition coefficient (Wildman–Crippen LogP) is 1.78. The van der Waals surface area contributed by atoms with Gasteiger partial charge < -0.3 is 15.3 Å². The van der Waals surface area contributed by atoms with Gasteiger partial charge in [-0.05, 0) is 31.7 Å². The summed E-state index contributed by atoms with van der Waals surface area (Å²) in [5.41, 5.74) is 4.95. The van der Waals surface area contributed by atoms with Gasteiger partial charge in [0.2, 0.25) is 0 Å². The highest BCUT2D eigenvalue weighted by atomic mass is 32.2. The van der Waals surface area contributed by atoms with E-state index in [2.05, 4.69) is 0 Å². The Labute approximate surface area is 94.0 Å². The van der Waals surface area contributed by atoms with Gasteiger partial charge in [-0.3, -0.25) is 0 Å². The lowest BCUT2D eigenvalue weighted by atomic mass is 10.0. The molecule has 0 amide bonds. The van der Waals surface area contributed by atoms with E-state index in [1.54, 1.807) is 18.0 Å². The van der Waals surface area contributed by atoms with Gasteiger partial charge in [-0.25, -0.2) is 0 Å². The Hall–Kier alpha value is -0.450. The van der Waals surface area contributed by atoms with E-state index in [0.717, 1.165) is 23.5 Å². The molecule has 1 unspecified atom stereocenters. The van der Waals surface area contributed by atoms with Gasteiger partial charge in [0.15, 0.2) is 0 Å². The molecule has 0 aliphatic heterocycles. The molecule has 1 aromatic heterocycles. The van der Waals surface area contributed by atoms with Crippen molar-refractivity contribution < 1.29 is 9.52 Å². The molecular weight excluding hydrogens is 210 g/mol. The summed E-state index contributed by atoms with van der Waals surface area (Å²) in [6.45, 7) is 2.28. The van der Waals surface area contributed by atoms with Gasteiger partial charge in [-0.2, -0.15) is 0 Å². The second-order valence-electron chi connectivity index (χ2n) is 4.21. The number of hydrogen-bond donors (Lipinski definition) is 2. The van der Waals surface area contributed by atoms with Crippen LogP contribution in [-0.4, -0.2) is 23.0 Å². The standard InChI is InChI=1S/C11H17NO2S/c1-8-10(4-5-14-8)15-7-11(13,6-12)9-2-3-9/h4-5,9,13H,2-3,6-7,12H2,1H3. The van der Waals surface area contributed by atoms with E-state index in [0.29, 0.717) is 18.2 Å². The van der Waals surface area contributed by atoms with E-state index in [1.165, 1.54) is 0 Å². The summed E-state index contributed by atoms with van der Waals surface area (Å²) in [6, 6.07) is 1.93. The van der Waals surface area contributed by atoms with Crippen molar-refractivity contribution in [3.63, 3.8) is 0 Å². The highest BCUT2D eigenvalue weighted by Crippen LogP contribution is 2.42. The van der Waals surface area contributed by atoms with E-state index in [9.17, 15) is 5.11 Å². The first-order valence-electron chi connectivity index (χ1n) is 5.25. The molecule has 0 spiro atoms. The third-order valence-corrected chi connectivity index (χ3v) is 4.36. The average molecular weight is 227 g/mol. The van der Waals surface area contributed by atoms with Gasteiger partial charge >= 0.3 is 0 Å². The monoisotopic (exact) mass is 227 g/mol. The SMILES string of the molecule is Cc1occc1SCC(O)(CN)C1CC1. The zero-order chi connectivity index (χ0) is 10.9. The molecule has 1 atom stereocenters. The van der Waals surface area contributed by atoms with Crippen molar-refractivity contribution in [3.05, 3.63) is 18.1 Å². The van der Waals surface area contributed by atoms with Crippen molar-refractivity contribution >= 4 is 11.8 Å². The van der Waals surface area contributed by atoms with Gasteiger partial charge in [-0.15, -0.1) is 11.8 Å². The topological polar surface area (TPSA) is 59.4 Å². The molecule has 15 heavy (non-hydrogen) atoms. The lowest BCUT2D eigenvalue weighted by Gasteiger charge is -2.25. The van der Waals surface area contributed by atoms with E-state index >= 15 is 0 Å². The molecule has 3 nitrogen and oxygen atoms in total. The minimum atomic E-state index is -0.686. The summed E-state index contributed by atoms with van der Waals surface area (Å²) in [5.74, 6) is 1.98. The van der Waals surface area contributed by atoms with Gasteiger partial charge in [-0.1, -0.05) is 0 Å². The van der Waals surface area contributed by atoms with Crippen LogP contribution >= 0.6 is 11.8 Å². The lowest BCUT2D eigenvalue weighted by Crippen LogP contribution is -2.42. The summed E-state index contributed by atoms with van der Waals surface area (Å²) in [5, 5.41) is 10.3. The van der Waals surface area contributed by atoms with E-state index < -0.39 is 5.60 Å². The summed E-state index contributed by atoms with van der Waals surface area (Å²) >= 11 is 1.63.